The second kappa shape index (κ2) is 17.9. The van der Waals surface area contributed by atoms with Gasteiger partial charge < -0.3 is 4.74 Å². The number of fused-ring (bicyclic) bond motifs is 3. The fourth-order valence-corrected chi connectivity index (χ4v) is 9.99. The van der Waals surface area contributed by atoms with E-state index in [9.17, 15) is 0 Å². The fraction of sp³-hybridized carbons (Fsp3) is 0.323. The third kappa shape index (κ3) is 9.23. The summed E-state index contributed by atoms with van der Waals surface area (Å²) in [6.45, 7) is 34.4. The van der Waals surface area contributed by atoms with Crippen molar-refractivity contribution in [2.45, 2.75) is 137 Å². The molecule has 5 heteroatoms. The van der Waals surface area contributed by atoms with E-state index in [1.807, 2.05) is 6.20 Å². The molecule has 5 nitrogen and oxygen atoms in total. The van der Waals surface area contributed by atoms with Crippen LogP contribution in [-0.2, 0) is 21.7 Å². The van der Waals surface area contributed by atoms with Crippen molar-refractivity contribution in [3.63, 3.8) is 0 Å². The molecule has 70 heavy (non-hydrogen) atoms. The molecule has 0 radical (unpaired) electrons. The summed E-state index contributed by atoms with van der Waals surface area (Å²) in [5.41, 5.74) is 15.0. The molecule has 3 heterocycles. The SMILES string of the molecule is CC(C)c1cccc(C(C)C)c1-c1cc(Oc2ccc3c4ccccc4n(-c4cc(C(C)(C)c5ccccc5)ccn4)c3c2)cc(-n2[c-][n+](-c3cc(C(C)(C)C)cc(C(C)(C)C)c3)c(C(C)(C)C)c2)c1. The molecule has 0 bridgehead atoms. The Balaban J connectivity index is 1.23. The Kier molecular flexibility index (Phi) is 12.4. The first-order valence-electron chi connectivity index (χ1n) is 25.2. The largest absolute Gasteiger partial charge is 0.458 e. The van der Waals surface area contributed by atoms with Gasteiger partial charge in [-0.15, -0.1) is 0 Å². The van der Waals surface area contributed by atoms with Crippen LogP contribution < -0.4 is 9.30 Å². The lowest BCUT2D eigenvalue weighted by molar-refractivity contribution is -0.611. The molecule has 0 atom stereocenters. The van der Waals surface area contributed by atoms with Gasteiger partial charge >= 0.3 is 0 Å². The third-order valence-corrected chi connectivity index (χ3v) is 14.3. The van der Waals surface area contributed by atoms with Crippen LogP contribution in [0.2, 0.25) is 0 Å². The number of nitrogens with zero attached hydrogens (tertiary/aromatic N) is 4. The molecule has 358 valence electrons. The Morgan fingerprint density at radius 1 is 0.529 bits per heavy atom. The van der Waals surface area contributed by atoms with Crippen LogP contribution in [0.1, 0.15) is 155 Å². The van der Waals surface area contributed by atoms with Crippen LogP contribution in [0, 0.1) is 6.33 Å². The number of para-hydroxylation sites is 1. The highest BCUT2D eigenvalue weighted by Crippen LogP contribution is 2.42. The van der Waals surface area contributed by atoms with Gasteiger partial charge in [-0.1, -0.05) is 177 Å². The maximum atomic E-state index is 7.16. The number of imidazole rings is 1. The minimum atomic E-state index is -0.228. The fourth-order valence-electron chi connectivity index (χ4n) is 9.99. The van der Waals surface area contributed by atoms with Crippen LogP contribution in [0.25, 0.3) is 50.1 Å². The standard InChI is InChI=1S/C65H72N4O/c1-42(2)53-25-21-26-54(43(3)4)61(53)44-32-49(67-40-59(64(11,12)13)68(41-67)50-35-47(62(5,6)7)34-48(36-50)63(8,9)10)38-52(33-44)70-51-28-29-56-55-24-19-20-27-57(55)69(58(56)39-51)60-37-46(30-31-66-60)65(14,15)45-22-17-16-18-23-45/h16-40,42-43H,1-15H3. The molecule has 0 saturated heterocycles. The Bertz CT molecular complexity index is 3320. The summed E-state index contributed by atoms with van der Waals surface area (Å²) >= 11 is 0. The summed E-state index contributed by atoms with van der Waals surface area (Å²) in [5.74, 6) is 3.00. The van der Waals surface area contributed by atoms with Crippen LogP contribution in [0.3, 0.4) is 0 Å². The smallest absolute Gasteiger partial charge is 0.269 e. The molecule has 0 aliphatic rings. The molecule has 9 rings (SSSR count). The highest BCUT2D eigenvalue weighted by Gasteiger charge is 2.28. The topological polar surface area (TPSA) is 35.9 Å². The summed E-state index contributed by atoms with van der Waals surface area (Å²) in [7, 11) is 0. The molecule has 0 fully saturated rings. The molecule has 0 aliphatic carbocycles. The maximum Gasteiger partial charge on any atom is 0.269 e. The quantitative estimate of drug-likeness (QED) is 0.101. The number of ether oxygens (including phenoxy) is 1. The van der Waals surface area contributed by atoms with Crippen molar-refractivity contribution >= 4 is 21.8 Å². The summed E-state index contributed by atoms with van der Waals surface area (Å²) in [6.07, 6.45) is 8.10. The Labute approximate surface area is 417 Å². The molecule has 0 spiro atoms. The van der Waals surface area contributed by atoms with Crippen molar-refractivity contribution in [3.05, 3.63) is 197 Å². The highest BCUT2D eigenvalue weighted by molar-refractivity contribution is 6.09. The molecular weight excluding hydrogens is 853 g/mol. The number of pyridine rings is 1. The number of hydrogen-bond donors (Lipinski definition) is 0. The molecular formula is C65H72N4O. The zero-order valence-electron chi connectivity index (χ0n) is 44.3. The van der Waals surface area contributed by atoms with E-state index in [1.54, 1.807) is 0 Å². The van der Waals surface area contributed by atoms with Crippen molar-refractivity contribution in [1.29, 1.82) is 0 Å². The maximum absolute atomic E-state index is 7.16. The normalized spacial score (nSPS) is 12.8. The van der Waals surface area contributed by atoms with Gasteiger partial charge in [0.25, 0.3) is 6.33 Å². The van der Waals surface area contributed by atoms with E-state index in [0.29, 0.717) is 11.8 Å². The Morgan fingerprint density at radius 2 is 1.16 bits per heavy atom. The van der Waals surface area contributed by atoms with Crippen LogP contribution >= 0.6 is 0 Å². The van der Waals surface area contributed by atoms with Gasteiger partial charge in [0.1, 0.15) is 17.3 Å². The number of rotatable bonds is 10. The molecule has 0 amide bonds. The first kappa shape index (κ1) is 48.3. The highest BCUT2D eigenvalue weighted by atomic mass is 16.5. The third-order valence-electron chi connectivity index (χ3n) is 14.3. The van der Waals surface area contributed by atoms with Gasteiger partial charge in [0, 0.05) is 34.6 Å². The van der Waals surface area contributed by atoms with E-state index in [2.05, 4.69) is 270 Å². The minimum absolute atomic E-state index is 0.0310. The average molecular weight is 925 g/mol. The van der Waals surface area contributed by atoms with Crippen LogP contribution in [0.5, 0.6) is 11.5 Å². The second-order valence-corrected chi connectivity index (χ2v) is 23.7. The Hall–Kier alpha value is -6.72. The van der Waals surface area contributed by atoms with E-state index >= 15 is 0 Å². The van der Waals surface area contributed by atoms with Gasteiger partial charge in [-0.05, 0) is 133 Å². The van der Waals surface area contributed by atoms with Crippen LogP contribution in [0.15, 0.2) is 152 Å². The monoisotopic (exact) mass is 925 g/mol. The lowest BCUT2D eigenvalue weighted by Gasteiger charge is -2.27. The van der Waals surface area contributed by atoms with Gasteiger partial charge in [-0.25, -0.2) is 4.98 Å². The van der Waals surface area contributed by atoms with Crippen molar-refractivity contribution < 1.29 is 9.30 Å². The van der Waals surface area contributed by atoms with E-state index in [4.69, 9.17) is 9.72 Å². The zero-order chi connectivity index (χ0) is 50.1. The van der Waals surface area contributed by atoms with Crippen LogP contribution in [-0.4, -0.2) is 14.1 Å². The second-order valence-electron chi connectivity index (χ2n) is 23.7. The van der Waals surface area contributed by atoms with Crippen molar-refractivity contribution in [1.82, 2.24) is 14.1 Å². The summed E-state index contributed by atoms with van der Waals surface area (Å²) in [4.78, 5) is 5.03. The van der Waals surface area contributed by atoms with Gasteiger partial charge in [-0.2, -0.15) is 0 Å². The van der Waals surface area contributed by atoms with E-state index in [1.165, 1.54) is 50.0 Å². The summed E-state index contributed by atoms with van der Waals surface area (Å²) < 4.78 is 13.9. The predicted octanol–water partition coefficient (Wildman–Crippen LogP) is 17.0. The molecule has 9 aromatic rings. The van der Waals surface area contributed by atoms with Crippen molar-refractivity contribution in [2.75, 3.05) is 0 Å². The number of hydrogen-bond acceptors (Lipinski definition) is 2. The van der Waals surface area contributed by atoms with Gasteiger partial charge in [0.2, 0.25) is 0 Å². The lowest BCUT2D eigenvalue weighted by Crippen LogP contribution is -2.39. The number of aromatic nitrogens is 4. The summed E-state index contributed by atoms with van der Waals surface area (Å²) in [6, 6.07) is 50.9. The van der Waals surface area contributed by atoms with Gasteiger partial charge in [0.05, 0.1) is 28.1 Å². The minimum Gasteiger partial charge on any atom is -0.458 e. The molecule has 0 saturated carbocycles. The first-order chi connectivity index (χ1) is 33.0. The lowest BCUT2D eigenvalue weighted by atomic mass is 9.78. The van der Waals surface area contributed by atoms with Gasteiger partial charge in [-0.3, -0.25) is 13.7 Å². The molecule has 0 unspecified atom stereocenters. The number of benzene rings is 6. The summed E-state index contributed by atoms with van der Waals surface area (Å²) in [5, 5.41) is 2.31. The molecule has 6 aromatic carbocycles. The average Bonchev–Trinajstić information content (AvgIpc) is 3.92. The molecule has 0 N–H and O–H groups in total. The van der Waals surface area contributed by atoms with Gasteiger partial charge in [0.15, 0.2) is 0 Å². The molecule has 0 aliphatic heterocycles. The van der Waals surface area contributed by atoms with E-state index < -0.39 is 0 Å². The first-order valence-corrected chi connectivity index (χ1v) is 25.2. The van der Waals surface area contributed by atoms with Crippen molar-refractivity contribution in [2.24, 2.45) is 0 Å². The van der Waals surface area contributed by atoms with E-state index in [0.717, 1.165) is 50.7 Å². The zero-order valence-corrected chi connectivity index (χ0v) is 44.3. The van der Waals surface area contributed by atoms with Crippen molar-refractivity contribution in [3.8, 4) is 39.8 Å². The molecule has 3 aromatic heterocycles. The predicted molar refractivity (Wildman–Crippen MR) is 293 cm³/mol. The Morgan fingerprint density at radius 3 is 1.79 bits per heavy atom. The van der Waals surface area contributed by atoms with E-state index in [-0.39, 0.29) is 21.7 Å². The van der Waals surface area contributed by atoms with Crippen LogP contribution in [0.4, 0.5) is 0 Å².